The Bertz CT molecular complexity index is 464. The molecule has 2 aromatic heterocycles. The molecule has 2 heterocycles. The van der Waals surface area contributed by atoms with Crippen LogP contribution < -0.4 is 4.74 Å². The number of rotatable bonds is 4. The Balaban J connectivity index is 2.27. The third-order valence-corrected chi connectivity index (χ3v) is 3.40. The first-order valence-corrected chi connectivity index (χ1v) is 5.95. The molecule has 5 heteroatoms. The minimum Gasteiger partial charge on any atom is -0.496 e. The molecule has 0 aliphatic heterocycles. The zero-order chi connectivity index (χ0) is 11.5. The number of methoxy groups -OCH3 is 1. The lowest BCUT2D eigenvalue weighted by atomic mass is 10.2. The molecule has 0 saturated carbocycles. The maximum Gasteiger partial charge on any atom is 0.146 e. The van der Waals surface area contributed by atoms with Gasteiger partial charge >= 0.3 is 0 Å². The van der Waals surface area contributed by atoms with Crippen LogP contribution in [0.5, 0.6) is 5.75 Å². The summed E-state index contributed by atoms with van der Waals surface area (Å²) in [4.78, 5) is 5.02. The summed E-state index contributed by atoms with van der Waals surface area (Å²) < 4.78 is 7.02. The highest BCUT2D eigenvalue weighted by Gasteiger charge is 2.17. The molecule has 2 aromatic rings. The van der Waals surface area contributed by atoms with Crippen LogP contribution in [-0.4, -0.2) is 21.8 Å². The zero-order valence-corrected chi connectivity index (χ0v) is 10.1. The van der Waals surface area contributed by atoms with E-state index in [0.29, 0.717) is 5.82 Å². The van der Waals surface area contributed by atoms with E-state index < -0.39 is 6.10 Å². The highest BCUT2D eigenvalue weighted by Crippen LogP contribution is 2.30. The summed E-state index contributed by atoms with van der Waals surface area (Å²) >= 11 is 1.47. The molecule has 1 atom stereocenters. The van der Waals surface area contributed by atoms with Crippen molar-refractivity contribution in [1.82, 2.24) is 9.55 Å². The zero-order valence-electron chi connectivity index (χ0n) is 9.25. The van der Waals surface area contributed by atoms with Crippen molar-refractivity contribution in [1.29, 1.82) is 0 Å². The summed E-state index contributed by atoms with van der Waals surface area (Å²) in [5.74, 6) is 1.45. The van der Waals surface area contributed by atoms with Crippen LogP contribution in [0.1, 0.15) is 23.7 Å². The lowest BCUT2D eigenvalue weighted by Gasteiger charge is -2.09. The van der Waals surface area contributed by atoms with Gasteiger partial charge in [-0.2, -0.15) is 0 Å². The lowest BCUT2D eigenvalue weighted by molar-refractivity contribution is 0.208. The third kappa shape index (κ3) is 1.96. The highest BCUT2D eigenvalue weighted by atomic mass is 32.1. The van der Waals surface area contributed by atoms with E-state index in [1.165, 1.54) is 11.3 Å². The molecular weight excluding hydrogens is 224 g/mol. The number of aryl methyl sites for hydroxylation is 1. The fraction of sp³-hybridized carbons (Fsp3) is 0.364. The minimum absolute atomic E-state index is 0.673. The molecule has 0 radical (unpaired) electrons. The second kappa shape index (κ2) is 4.67. The first-order valence-electron chi connectivity index (χ1n) is 5.07. The average molecular weight is 238 g/mol. The molecule has 4 nitrogen and oxygen atoms in total. The first-order chi connectivity index (χ1) is 7.76. The standard InChI is InChI=1S/C11H14N2O2S/c1-3-13-5-4-12-11(13)10(14)9-6-8(15-2)7-16-9/h4-7,10,14H,3H2,1-2H3. The number of nitrogens with zero attached hydrogens (tertiary/aromatic N) is 2. The second-order valence-electron chi connectivity index (χ2n) is 3.36. The molecule has 0 aliphatic rings. The SMILES string of the molecule is CCn1ccnc1C(O)c1cc(OC)cs1. The van der Waals surface area contributed by atoms with Gasteiger partial charge in [-0.3, -0.25) is 0 Å². The molecule has 2 rings (SSSR count). The molecule has 0 fully saturated rings. The molecule has 0 aromatic carbocycles. The molecule has 1 unspecified atom stereocenters. The second-order valence-corrected chi connectivity index (χ2v) is 4.31. The predicted molar refractivity (Wildman–Crippen MR) is 62.8 cm³/mol. The van der Waals surface area contributed by atoms with Gasteiger partial charge < -0.3 is 14.4 Å². The molecule has 86 valence electrons. The van der Waals surface area contributed by atoms with Crippen LogP contribution in [0.2, 0.25) is 0 Å². The molecule has 0 amide bonds. The van der Waals surface area contributed by atoms with Crippen LogP contribution in [0.3, 0.4) is 0 Å². The van der Waals surface area contributed by atoms with Crippen molar-refractivity contribution in [2.24, 2.45) is 0 Å². The summed E-state index contributed by atoms with van der Waals surface area (Å²) in [6.07, 6.45) is 2.89. The number of aliphatic hydroxyl groups excluding tert-OH is 1. The van der Waals surface area contributed by atoms with Gasteiger partial charge in [0.2, 0.25) is 0 Å². The number of aliphatic hydroxyl groups is 1. The Morgan fingerprint density at radius 1 is 1.62 bits per heavy atom. The van der Waals surface area contributed by atoms with Crippen LogP contribution in [0.4, 0.5) is 0 Å². The molecule has 0 spiro atoms. The van der Waals surface area contributed by atoms with Crippen LogP contribution in [0.25, 0.3) is 0 Å². The van der Waals surface area contributed by atoms with Gasteiger partial charge in [-0.05, 0) is 13.0 Å². The van der Waals surface area contributed by atoms with Crippen LogP contribution in [-0.2, 0) is 6.54 Å². The summed E-state index contributed by atoms with van der Waals surface area (Å²) in [5.41, 5.74) is 0. The van der Waals surface area contributed by atoms with E-state index in [-0.39, 0.29) is 0 Å². The van der Waals surface area contributed by atoms with E-state index in [1.807, 2.05) is 29.1 Å². The molecule has 1 N–H and O–H groups in total. The van der Waals surface area contributed by atoms with Gasteiger partial charge in [-0.25, -0.2) is 4.98 Å². The topological polar surface area (TPSA) is 47.3 Å². The van der Waals surface area contributed by atoms with Crippen molar-refractivity contribution >= 4 is 11.3 Å². The van der Waals surface area contributed by atoms with Gasteiger partial charge in [0.05, 0.1) is 7.11 Å². The molecule has 0 aliphatic carbocycles. The highest BCUT2D eigenvalue weighted by molar-refractivity contribution is 7.10. The molecular formula is C11H14N2O2S. The van der Waals surface area contributed by atoms with Crippen molar-refractivity contribution in [3.8, 4) is 5.75 Å². The summed E-state index contributed by atoms with van der Waals surface area (Å²) in [5, 5.41) is 12.0. The monoisotopic (exact) mass is 238 g/mol. The quantitative estimate of drug-likeness (QED) is 0.886. The van der Waals surface area contributed by atoms with Crippen molar-refractivity contribution < 1.29 is 9.84 Å². The number of ether oxygens (including phenoxy) is 1. The van der Waals surface area contributed by atoms with Gasteiger partial charge in [0.1, 0.15) is 17.7 Å². The Morgan fingerprint density at radius 3 is 3.06 bits per heavy atom. The fourth-order valence-electron chi connectivity index (χ4n) is 1.55. The van der Waals surface area contributed by atoms with E-state index >= 15 is 0 Å². The van der Waals surface area contributed by atoms with E-state index in [1.54, 1.807) is 13.3 Å². The smallest absolute Gasteiger partial charge is 0.146 e. The Labute approximate surface area is 98.1 Å². The van der Waals surface area contributed by atoms with Crippen LogP contribution >= 0.6 is 11.3 Å². The van der Waals surface area contributed by atoms with Gasteiger partial charge in [0, 0.05) is 29.2 Å². The van der Waals surface area contributed by atoms with Crippen molar-refractivity contribution in [2.45, 2.75) is 19.6 Å². The Morgan fingerprint density at radius 2 is 2.44 bits per heavy atom. The Hall–Kier alpha value is -1.33. The van der Waals surface area contributed by atoms with E-state index in [9.17, 15) is 5.11 Å². The van der Waals surface area contributed by atoms with Gasteiger partial charge in [-0.1, -0.05) is 0 Å². The fourth-order valence-corrected chi connectivity index (χ4v) is 2.38. The van der Waals surface area contributed by atoms with Crippen molar-refractivity contribution in [3.05, 3.63) is 34.5 Å². The van der Waals surface area contributed by atoms with Gasteiger partial charge in [0.15, 0.2) is 0 Å². The number of aromatic nitrogens is 2. The summed E-state index contributed by atoms with van der Waals surface area (Å²) in [7, 11) is 1.62. The number of imidazole rings is 1. The number of thiophene rings is 1. The largest absolute Gasteiger partial charge is 0.496 e. The van der Waals surface area contributed by atoms with Crippen molar-refractivity contribution in [2.75, 3.05) is 7.11 Å². The molecule has 16 heavy (non-hydrogen) atoms. The van der Waals surface area contributed by atoms with Gasteiger partial charge in [0.25, 0.3) is 0 Å². The molecule has 0 bridgehead atoms. The minimum atomic E-state index is -0.677. The summed E-state index contributed by atoms with van der Waals surface area (Å²) in [6, 6.07) is 1.84. The van der Waals surface area contributed by atoms with Crippen LogP contribution in [0, 0.1) is 0 Å². The van der Waals surface area contributed by atoms with Crippen LogP contribution in [0.15, 0.2) is 23.8 Å². The molecule has 0 saturated heterocycles. The Kier molecular flexibility index (Phi) is 3.26. The van der Waals surface area contributed by atoms with E-state index in [4.69, 9.17) is 4.74 Å². The maximum absolute atomic E-state index is 10.2. The maximum atomic E-state index is 10.2. The summed E-state index contributed by atoms with van der Waals surface area (Å²) in [6.45, 7) is 2.82. The first kappa shape index (κ1) is 11.2. The predicted octanol–water partition coefficient (Wildman–Crippen LogP) is 2.05. The average Bonchev–Trinajstić information content (AvgIpc) is 2.96. The van der Waals surface area contributed by atoms with Crippen molar-refractivity contribution in [3.63, 3.8) is 0 Å². The lowest BCUT2D eigenvalue weighted by Crippen LogP contribution is -2.07. The number of hydrogen-bond acceptors (Lipinski definition) is 4. The normalized spacial score (nSPS) is 12.7. The number of hydrogen-bond donors (Lipinski definition) is 1. The van der Waals surface area contributed by atoms with Gasteiger partial charge in [-0.15, -0.1) is 11.3 Å². The van der Waals surface area contributed by atoms with E-state index in [2.05, 4.69) is 4.98 Å². The van der Waals surface area contributed by atoms with E-state index in [0.717, 1.165) is 17.2 Å². The third-order valence-electron chi connectivity index (χ3n) is 2.43.